The molecule has 26 heavy (non-hydrogen) atoms. The Morgan fingerprint density at radius 2 is 2.12 bits per heavy atom. The lowest BCUT2D eigenvalue weighted by atomic mass is 10.1. The molecule has 134 valence electrons. The molecule has 2 aromatic carbocycles. The van der Waals surface area contributed by atoms with Gasteiger partial charge in [-0.05, 0) is 24.1 Å². The van der Waals surface area contributed by atoms with E-state index in [-0.39, 0.29) is 17.7 Å². The number of phenols is 1. The summed E-state index contributed by atoms with van der Waals surface area (Å²) in [6, 6.07) is 13.8. The molecule has 0 saturated carbocycles. The number of nitrogens with one attached hydrogen (secondary N) is 1. The number of aromatic nitrogens is 2. The van der Waals surface area contributed by atoms with Crippen molar-refractivity contribution in [3.8, 4) is 5.75 Å². The van der Waals surface area contributed by atoms with E-state index in [1.54, 1.807) is 24.0 Å². The van der Waals surface area contributed by atoms with E-state index < -0.39 is 0 Å². The van der Waals surface area contributed by atoms with E-state index in [1.165, 1.54) is 11.6 Å². The van der Waals surface area contributed by atoms with Crippen LogP contribution in [0.1, 0.15) is 22.3 Å². The molecule has 1 atom stereocenters. The van der Waals surface area contributed by atoms with Crippen molar-refractivity contribution in [2.24, 2.45) is 7.05 Å². The molecular weight excluding hydrogens is 328 g/mol. The molecule has 1 aliphatic rings. The van der Waals surface area contributed by atoms with Gasteiger partial charge in [-0.2, -0.15) is 5.10 Å². The molecule has 6 nitrogen and oxygen atoms in total. The monoisotopic (exact) mass is 350 g/mol. The quantitative estimate of drug-likeness (QED) is 0.757. The third kappa shape index (κ3) is 3.28. The van der Waals surface area contributed by atoms with Gasteiger partial charge in [-0.25, -0.2) is 0 Å². The van der Waals surface area contributed by atoms with E-state index in [0.717, 1.165) is 31.4 Å². The zero-order chi connectivity index (χ0) is 18.1. The van der Waals surface area contributed by atoms with Crippen LogP contribution in [0.15, 0.2) is 48.7 Å². The summed E-state index contributed by atoms with van der Waals surface area (Å²) in [4.78, 5) is 14.9. The van der Waals surface area contributed by atoms with Crippen molar-refractivity contribution in [1.29, 1.82) is 0 Å². The van der Waals surface area contributed by atoms with Gasteiger partial charge in [-0.3, -0.25) is 14.4 Å². The van der Waals surface area contributed by atoms with Gasteiger partial charge in [-0.15, -0.1) is 0 Å². The van der Waals surface area contributed by atoms with Crippen molar-refractivity contribution < 1.29 is 9.90 Å². The summed E-state index contributed by atoms with van der Waals surface area (Å²) >= 11 is 0. The van der Waals surface area contributed by atoms with Crippen LogP contribution in [0.5, 0.6) is 5.75 Å². The van der Waals surface area contributed by atoms with Crippen molar-refractivity contribution in [1.82, 2.24) is 20.0 Å². The van der Waals surface area contributed by atoms with Gasteiger partial charge in [-0.1, -0.05) is 30.3 Å². The standard InChI is InChI=1S/C20H22N4O2/c1-23-19-16(11-21-23)9-15(10-18(19)25)20(26)22-17-7-8-24(13-17)12-14-5-3-2-4-6-14/h2-6,9-11,17,25H,7-8,12-13H2,1H3,(H,22,26)/t17-/m1/s1. The SMILES string of the molecule is Cn1ncc2cc(C(=O)N[C@@H]3CCN(Cc4ccccc4)C3)cc(O)c21. The first kappa shape index (κ1) is 16.6. The average Bonchev–Trinajstić information content (AvgIpc) is 3.22. The Hall–Kier alpha value is -2.86. The van der Waals surface area contributed by atoms with E-state index >= 15 is 0 Å². The fourth-order valence-electron chi connectivity index (χ4n) is 3.63. The fraction of sp³-hybridized carbons (Fsp3) is 0.300. The number of carbonyl (C=O) groups excluding carboxylic acids is 1. The molecule has 0 spiro atoms. The van der Waals surface area contributed by atoms with Crippen LogP contribution in [-0.4, -0.2) is 44.8 Å². The molecule has 6 heteroatoms. The number of amides is 1. The van der Waals surface area contributed by atoms with Crippen LogP contribution in [-0.2, 0) is 13.6 Å². The number of nitrogens with zero attached hydrogens (tertiary/aromatic N) is 3. The number of fused-ring (bicyclic) bond motifs is 1. The number of hydrogen-bond acceptors (Lipinski definition) is 4. The minimum atomic E-state index is -0.155. The summed E-state index contributed by atoms with van der Waals surface area (Å²) in [5.41, 5.74) is 2.38. The van der Waals surface area contributed by atoms with Crippen LogP contribution in [0.2, 0.25) is 0 Å². The van der Waals surface area contributed by atoms with Crippen molar-refractivity contribution in [3.05, 3.63) is 59.8 Å². The number of rotatable bonds is 4. The highest BCUT2D eigenvalue weighted by Crippen LogP contribution is 2.26. The molecule has 3 aromatic rings. The Kier molecular flexibility index (Phi) is 4.34. The highest BCUT2D eigenvalue weighted by molar-refractivity contribution is 6.00. The highest BCUT2D eigenvalue weighted by atomic mass is 16.3. The maximum Gasteiger partial charge on any atom is 0.251 e. The highest BCUT2D eigenvalue weighted by Gasteiger charge is 2.24. The second-order valence-corrected chi connectivity index (χ2v) is 6.88. The maximum absolute atomic E-state index is 12.6. The first-order chi connectivity index (χ1) is 12.6. The van der Waals surface area contributed by atoms with Gasteiger partial charge in [0.25, 0.3) is 5.91 Å². The summed E-state index contributed by atoms with van der Waals surface area (Å²) in [5.74, 6) is -0.0811. The predicted molar refractivity (Wildman–Crippen MR) is 100.0 cm³/mol. The van der Waals surface area contributed by atoms with Gasteiger partial charge in [0.2, 0.25) is 0 Å². The van der Waals surface area contributed by atoms with Crippen molar-refractivity contribution in [2.45, 2.75) is 19.0 Å². The van der Waals surface area contributed by atoms with Crippen LogP contribution in [0.3, 0.4) is 0 Å². The maximum atomic E-state index is 12.6. The van der Waals surface area contributed by atoms with Gasteiger partial charge in [0.15, 0.2) is 0 Å². The number of phenolic OH excluding ortho intramolecular Hbond substituents is 1. The van der Waals surface area contributed by atoms with Gasteiger partial charge >= 0.3 is 0 Å². The number of aryl methyl sites for hydroxylation is 1. The van der Waals surface area contributed by atoms with E-state index in [0.29, 0.717) is 11.1 Å². The fourth-order valence-corrected chi connectivity index (χ4v) is 3.63. The molecule has 1 amide bonds. The summed E-state index contributed by atoms with van der Waals surface area (Å²) in [6.45, 7) is 2.70. The minimum Gasteiger partial charge on any atom is -0.506 e. The number of carbonyl (C=O) groups is 1. The Morgan fingerprint density at radius 1 is 1.31 bits per heavy atom. The van der Waals surface area contributed by atoms with Crippen molar-refractivity contribution >= 4 is 16.8 Å². The summed E-state index contributed by atoms with van der Waals surface area (Å²) in [5, 5.41) is 18.2. The molecule has 2 N–H and O–H groups in total. The van der Waals surface area contributed by atoms with Crippen LogP contribution < -0.4 is 5.32 Å². The lowest BCUT2D eigenvalue weighted by Crippen LogP contribution is -2.37. The Balaban J connectivity index is 1.41. The number of likely N-dealkylation sites (tertiary alicyclic amines) is 1. The molecule has 4 rings (SSSR count). The van der Waals surface area contributed by atoms with Crippen LogP contribution >= 0.6 is 0 Å². The zero-order valence-corrected chi connectivity index (χ0v) is 14.7. The Bertz CT molecular complexity index is 936. The van der Waals surface area contributed by atoms with E-state index in [4.69, 9.17) is 0 Å². The third-order valence-corrected chi connectivity index (χ3v) is 4.93. The summed E-state index contributed by atoms with van der Waals surface area (Å²) in [6.07, 6.45) is 2.59. The molecule has 2 heterocycles. The van der Waals surface area contributed by atoms with Gasteiger partial charge < -0.3 is 10.4 Å². The van der Waals surface area contributed by atoms with E-state index in [1.807, 2.05) is 18.2 Å². The second kappa shape index (κ2) is 6.80. The Morgan fingerprint density at radius 3 is 2.92 bits per heavy atom. The van der Waals surface area contributed by atoms with Gasteiger partial charge in [0.05, 0.1) is 6.20 Å². The smallest absolute Gasteiger partial charge is 0.251 e. The van der Waals surface area contributed by atoms with Crippen LogP contribution in [0.4, 0.5) is 0 Å². The van der Waals surface area contributed by atoms with E-state index in [2.05, 4.69) is 27.4 Å². The average molecular weight is 350 g/mol. The first-order valence-corrected chi connectivity index (χ1v) is 8.82. The van der Waals surface area contributed by atoms with Crippen LogP contribution in [0.25, 0.3) is 10.9 Å². The lowest BCUT2D eigenvalue weighted by Gasteiger charge is -2.17. The predicted octanol–water partition coefficient (Wildman–Crippen LogP) is 2.28. The third-order valence-electron chi connectivity index (χ3n) is 4.93. The molecule has 1 fully saturated rings. The normalized spacial score (nSPS) is 17.7. The molecule has 1 aliphatic heterocycles. The summed E-state index contributed by atoms with van der Waals surface area (Å²) in [7, 11) is 1.77. The first-order valence-electron chi connectivity index (χ1n) is 8.82. The second-order valence-electron chi connectivity index (χ2n) is 6.88. The molecule has 0 bridgehead atoms. The molecule has 1 aromatic heterocycles. The van der Waals surface area contributed by atoms with E-state index in [9.17, 15) is 9.90 Å². The molecular formula is C20H22N4O2. The molecule has 1 saturated heterocycles. The van der Waals surface area contributed by atoms with Crippen LogP contribution in [0, 0.1) is 0 Å². The number of benzene rings is 2. The molecule has 0 unspecified atom stereocenters. The van der Waals surface area contributed by atoms with Crippen molar-refractivity contribution in [2.75, 3.05) is 13.1 Å². The molecule has 0 aliphatic carbocycles. The minimum absolute atomic E-state index is 0.0739. The molecule has 0 radical (unpaired) electrons. The van der Waals surface area contributed by atoms with Gasteiger partial charge in [0.1, 0.15) is 11.3 Å². The zero-order valence-electron chi connectivity index (χ0n) is 14.7. The van der Waals surface area contributed by atoms with Gasteiger partial charge in [0, 0.05) is 43.7 Å². The largest absolute Gasteiger partial charge is 0.506 e. The summed E-state index contributed by atoms with van der Waals surface area (Å²) < 4.78 is 1.60. The number of aromatic hydroxyl groups is 1. The lowest BCUT2D eigenvalue weighted by molar-refractivity contribution is 0.0937. The van der Waals surface area contributed by atoms with Crippen molar-refractivity contribution in [3.63, 3.8) is 0 Å². The Labute approximate surface area is 152 Å². The number of hydrogen-bond donors (Lipinski definition) is 2. The topological polar surface area (TPSA) is 70.4 Å².